The molecule has 0 atom stereocenters. The second kappa shape index (κ2) is 9.37. The average molecular weight is 397 g/mol. The largest absolute Gasteiger partial charge is 0.493 e. The van der Waals surface area contributed by atoms with Gasteiger partial charge in [0.1, 0.15) is 5.01 Å². The first-order valence-electron chi connectivity index (χ1n) is 9.05. The predicted octanol–water partition coefficient (Wildman–Crippen LogP) is 3.92. The number of aromatic nitrogens is 1. The summed E-state index contributed by atoms with van der Waals surface area (Å²) < 4.78 is 10.5. The lowest BCUT2D eigenvalue weighted by Gasteiger charge is -2.09. The van der Waals surface area contributed by atoms with Crippen molar-refractivity contribution < 1.29 is 14.3 Å². The predicted molar refractivity (Wildman–Crippen MR) is 111 cm³/mol. The van der Waals surface area contributed by atoms with E-state index in [4.69, 9.17) is 9.47 Å². The van der Waals surface area contributed by atoms with Crippen LogP contribution in [-0.4, -0.2) is 25.1 Å². The van der Waals surface area contributed by atoms with E-state index in [9.17, 15) is 4.79 Å². The van der Waals surface area contributed by atoms with Crippen molar-refractivity contribution in [2.24, 2.45) is 0 Å². The fraction of sp³-hybridized carbons (Fsp3) is 0.273. The number of carbonyl (C=O) groups excluding carboxylic acids is 1. The molecule has 0 radical (unpaired) electrons. The molecule has 5 nitrogen and oxygen atoms in total. The zero-order chi connectivity index (χ0) is 19.9. The molecule has 28 heavy (non-hydrogen) atoms. The van der Waals surface area contributed by atoms with Gasteiger partial charge in [0.15, 0.2) is 11.5 Å². The maximum Gasteiger partial charge on any atom is 0.224 e. The molecule has 0 saturated carbocycles. The van der Waals surface area contributed by atoms with Crippen LogP contribution in [0.25, 0.3) is 0 Å². The van der Waals surface area contributed by atoms with Gasteiger partial charge in [0, 0.05) is 11.3 Å². The van der Waals surface area contributed by atoms with Crippen molar-refractivity contribution in [2.75, 3.05) is 14.2 Å². The molecule has 1 aromatic heterocycles. The Morgan fingerprint density at radius 2 is 1.79 bits per heavy atom. The molecule has 3 aromatic rings. The molecule has 6 heteroatoms. The monoisotopic (exact) mass is 396 g/mol. The summed E-state index contributed by atoms with van der Waals surface area (Å²) in [4.78, 5) is 18.2. The number of carbonyl (C=O) groups is 1. The van der Waals surface area contributed by atoms with Gasteiger partial charge >= 0.3 is 0 Å². The molecule has 0 aliphatic rings. The molecular formula is C22H24N2O3S. The highest BCUT2D eigenvalue weighted by atomic mass is 32.1. The SMILES string of the molecule is COc1ccc(CC(=O)NCc2nc(C)c(Cc3ccccc3)s2)cc1OC. The zero-order valence-electron chi connectivity index (χ0n) is 16.3. The van der Waals surface area contributed by atoms with E-state index in [0.717, 1.165) is 22.7 Å². The minimum atomic E-state index is -0.0512. The molecular weight excluding hydrogens is 372 g/mol. The van der Waals surface area contributed by atoms with Crippen molar-refractivity contribution in [3.8, 4) is 11.5 Å². The number of nitrogens with zero attached hydrogens (tertiary/aromatic N) is 1. The number of thiazole rings is 1. The fourth-order valence-electron chi connectivity index (χ4n) is 2.92. The van der Waals surface area contributed by atoms with Crippen LogP contribution >= 0.6 is 11.3 Å². The van der Waals surface area contributed by atoms with Gasteiger partial charge in [-0.3, -0.25) is 4.79 Å². The molecule has 2 aromatic carbocycles. The van der Waals surface area contributed by atoms with Crippen LogP contribution in [-0.2, 0) is 24.2 Å². The molecule has 3 rings (SSSR count). The third kappa shape index (κ3) is 5.10. The maximum atomic E-state index is 12.3. The van der Waals surface area contributed by atoms with Crippen LogP contribution in [0.3, 0.4) is 0 Å². The Hall–Kier alpha value is -2.86. The van der Waals surface area contributed by atoms with E-state index in [1.807, 2.05) is 43.3 Å². The Balaban J connectivity index is 1.57. The summed E-state index contributed by atoms with van der Waals surface area (Å²) in [6.45, 7) is 2.45. The van der Waals surface area contributed by atoms with Gasteiger partial charge < -0.3 is 14.8 Å². The van der Waals surface area contributed by atoms with Crippen LogP contribution < -0.4 is 14.8 Å². The van der Waals surface area contributed by atoms with Gasteiger partial charge in [0.2, 0.25) is 5.91 Å². The van der Waals surface area contributed by atoms with Crippen molar-refractivity contribution in [3.63, 3.8) is 0 Å². The van der Waals surface area contributed by atoms with Crippen LogP contribution in [0.5, 0.6) is 11.5 Å². The van der Waals surface area contributed by atoms with Crippen molar-refractivity contribution >= 4 is 17.2 Å². The Labute approximate surface area is 169 Å². The molecule has 1 amide bonds. The number of nitrogens with one attached hydrogen (secondary N) is 1. The highest BCUT2D eigenvalue weighted by Crippen LogP contribution is 2.27. The van der Waals surface area contributed by atoms with E-state index in [1.54, 1.807) is 25.6 Å². The number of hydrogen-bond donors (Lipinski definition) is 1. The quantitative estimate of drug-likeness (QED) is 0.627. The summed E-state index contributed by atoms with van der Waals surface area (Å²) in [6, 6.07) is 15.8. The van der Waals surface area contributed by atoms with Gasteiger partial charge in [-0.1, -0.05) is 36.4 Å². The number of ether oxygens (including phenoxy) is 2. The fourth-order valence-corrected chi connectivity index (χ4v) is 3.97. The van der Waals surface area contributed by atoms with Gasteiger partial charge in [0.05, 0.1) is 32.9 Å². The lowest BCUT2D eigenvalue weighted by molar-refractivity contribution is -0.120. The minimum absolute atomic E-state index is 0.0512. The summed E-state index contributed by atoms with van der Waals surface area (Å²) in [6.07, 6.45) is 1.14. The van der Waals surface area contributed by atoms with E-state index in [2.05, 4.69) is 22.4 Å². The highest BCUT2D eigenvalue weighted by Gasteiger charge is 2.11. The van der Waals surface area contributed by atoms with Gasteiger partial charge in [-0.15, -0.1) is 11.3 Å². The number of methoxy groups -OCH3 is 2. The second-order valence-corrected chi connectivity index (χ2v) is 7.59. The number of amides is 1. The van der Waals surface area contributed by atoms with Crippen molar-refractivity contribution in [2.45, 2.75) is 26.3 Å². The summed E-state index contributed by atoms with van der Waals surface area (Å²) in [5.41, 5.74) is 3.16. The van der Waals surface area contributed by atoms with E-state index < -0.39 is 0 Å². The van der Waals surface area contributed by atoms with Crippen LogP contribution in [0.4, 0.5) is 0 Å². The molecule has 0 bridgehead atoms. The van der Waals surface area contributed by atoms with Crippen LogP contribution in [0.15, 0.2) is 48.5 Å². The number of aryl methyl sites for hydroxylation is 1. The van der Waals surface area contributed by atoms with E-state index >= 15 is 0 Å². The van der Waals surface area contributed by atoms with Crippen molar-refractivity contribution in [1.82, 2.24) is 10.3 Å². The van der Waals surface area contributed by atoms with Crippen molar-refractivity contribution in [1.29, 1.82) is 0 Å². The molecule has 0 aliphatic carbocycles. The van der Waals surface area contributed by atoms with Gasteiger partial charge in [-0.2, -0.15) is 0 Å². The molecule has 146 valence electrons. The molecule has 0 saturated heterocycles. The third-order valence-corrected chi connectivity index (χ3v) is 5.55. The molecule has 1 heterocycles. The topological polar surface area (TPSA) is 60.5 Å². The lowest BCUT2D eigenvalue weighted by atomic mass is 10.1. The molecule has 0 unspecified atom stereocenters. The molecule has 0 spiro atoms. The average Bonchev–Trinajstić information content (AvgIpc) is 3.06. The van der Waals surface area contributed by atoms with E-state index in [0.29, 0.717) is 18.0 Å². The summed E-state index contributed by atoms with van der Waals surface area (Å²) in [5.74, 6) is 1.22. The first-order valence-corrected chi connectivity index (χ1v) is 9.87. The first kappa shape index (κ1) is 19.9. The van der Waals surface area contributed by atoms with Crippen LogP contribution in [0.2, 0.25) is 0 Å². The van der Waals surface area contributed by atoms with Crippen LogP contribution in [0.1, 0.15) is 26.7 Å². The smallest absolute Gasteiger partial charge is 0.224 e. The van der Waals surface area contributed by atoms with Gasteiger partial charge in [-0.25, -0.2) is 4.98 Å². The standard InChI is InChI=1S/C22H24N2O3S/c1-15-20(12-16-7-5-4-6-8-16)28-22(24-15)14-23-21(25)13-17-9-10-18(26-2)19(11-17)27-3/h4-11H,12-14H2,1-3H3,(H,23,25). The summed E-state index contributed by atoms with van der Waals surface area (Å²) >= 11 is 1.65. The van der Waals surface area contributed by atoms with Gasteiger partial charge in [-0.05, 0) is 30.2 Å². The number of rotatable bonds is 8. The van der Waals surface area contributed by atoms with E-state index in [1.165, 1.54) is 10.4 Å². The molecule has 0 aliphatic heterocycles. The minimum Gasteiger partial charge on any atom is -0.493 e. The highest BCUT2D eigenvalue weighted by molar-refractivity contribution is 7.11. The Bertz CT molecular complexity index is 938. The summed E-state index contributed by atoms with van der Waals surface area (Å²) in [5, 5.41) is 3.88. The second-order valence-electron chi connectivity index (χ2n) is 6.42. The summed E-state index contributed by atoms with van der Waals surface area (Å²) in [7, 11) is 3.17. The molecule has 1 N–H and O–H groups in total. The van der Waals surface area contributed by atoms with Crippen LogP contribution in [0, 0.1) is 6.92 Å². The Morgan fingerprint density at radius 3 is 2.50 bits per heavy atom. The third-order valence-electron chi connectivity index (χ3n) is 4.39. The Morgan fingerprint density at radius 1 is 1.04 bits per heavy atom. The Kier molecular flexibility index (Phi) is 6.66. The van der Waals surface area contributed by atoms with Gasteiger partial charge in [0.25, 0.3) is 0 Å². The lowest BCUT2D eigenvalue weighted by Crippen LogP contribution is -2.24. The maximum absolute atomic E-state index is 12.3. The normalized spacial score (nSPS) is 10.5. The molecule has 0 fully saturated rings. The number of benzene rings is 2. The van der Waals surface area contributed by atoms with E-state index in [-0.39, 0.29) is 12.3 Å². The number of hydrogen-bond acceptors (Lipinski definition) is 5. The zero-order valence-corrected chi connectivity index (χ0v) is 17.1. The first-order chi connectivity index (χ1) is 13.6. The van der Waals surface area contributed by atoms with Crippen molar-refractivity contribution in [3.05, 3.63) is 75.2 Å².